The van der Waals surface area contributed by atoms with Crippen molar-refractivity contribution in [2.75, 3.05) is 0 Å². The molecule has 1 aromatic rings. The van der Waals surface area contributed by atoms with Gasteiger partial charge in [-0.3, -0.25) is 10.1 Å². The maximum absolute atomic E-state index is 11.9. The zero-order valence-electron chi connectivity index (χ0n) is 8.19. The molecule has 0 atom stereocenters. The summed E-state index contributed by atoms with van der Waals surface area (Å²) in [7, 11) is -5.37. The Balaban J connectivity index is 2.99. The molecule has 0 amide bonds. The van der Waals surface area contributed by atoms with E-state index in [4.69, 9.17) is 0 Å². The second-order valence-corrected chi connectivity index (χ2v) is 2.99. The second kappa shape index (κ2) is 4.34. The third-order valence-electron chi connectivity index (χ3n) is 1.80. The van der Waals surface area contributed by atoms with Crippen LogP contribution in [0.15, 0.2) is 24.3 Å². The zero-order chi connectivity index (χ0) is 12.3. The topological polar surface area (TPSA) is 54.4 Å². The van der Waals surface area contributed by atoms with E-state index in [2.05, 4.69) is 4.34 Å². The second-order valence-electron chi connectivity index (χ2n) is 2.99. The maximum Gasteiger partial charge on any atom is 0.971 e. The van der Waals surface area contributed by atoms with Gasteiger partial charge in [0.05, 0.1) is 10.5 Å². The molecule has 0 aliphatic heterocycles. The van der Waals surface area contributed by atoms with Gasteiger partial charge < -0.3 is 17.3 Å². The van der Waals surface area contributed by atoms with Gasteiger partial charge in [0.25, 0.3) is 11.5 Å². The van der Waals surface area contributed by atoms with E-state index in [1.807, 2.05) is 0 Å². The summed E-state index contributed by atoms with van der Waals surface area (Å²) in [5, 5.41) is 10.3. The molecule has 0 heterocycles. The number of nitrogens with zero attached hydrogens (tertiary/aromatic N) is 1. The number of rotatable bonds is 3. The minimum Gasteiger partial charge on any atom is -0.450 e. The fourth-order valence-electron chi connectivity index (χ4n) is 1.09. The molecule has 0 aromatic heterocycles. The van der Waals surface area contributed by atoms with Gasteiger partial charge in [-0.25, -0.2) is 0 Å². The Hall–Kier alpha value is -1.86. The van der Waals surface area contributed by atoms with Gasteiger partial charge in [0, 0.05) is 19.1 Å². The third kappa shape index (κ3) is 3.37. The van der Waals surface area contributed by atoms with E-state index in [-0.39, 0.29) is 17.0 Å². The first-order valence-electron chi connectivity index (χ1n) is 4.25. The summed E-state index contributed by atoms with van der Waals surface area (Å²) in [6.45, 7) is 1.15. The van der Waals surface area contributed by atoms with Gasteiger partial charge in [0.1, 0.15) is 0 Å². The average Bonchev–Trinajstić information content (AvgIpc) is 2.15. The molecule has 1 aromatic carbocycles. The fourth-order valence-corrected chi connectivity index (χ4v) is 1.09. The van der Waals surface area contributed by atoms with E-state index >= 15 is 0 Å². The molecule has 0 aliphatic carbocycles. The quantitative estimate of drug-likeness (QED) is 0.265. The molecular formula is C8H7BF3NO3. The Morgan fingerprint density at radius 3 is 2.19 bits per heavy atom. The molecule has 0 radical (unpaired) electrons. The van der Waals surface area contributed by atoms with Crippen LogP contribution in [0.4, 0.5) is 18.6 Å². The molecule has 16 heavy (non-hydrogen) atoms. The summed E-state index contributed by atoms with van der Waals surface area (Å²) >= 11 is 0. The van der Waals surface area contributed by atoms with Crippen molar-refractivity contribution in [1.29, 1.82) is 0 Å². The molecule has 4 nitrogen and oxygen atoms in total. The monoisotopic (exact) mass is 233 g/mol. The number of nitro groups is 1. The Morgan fingerprint density at radius 1 is 1.31 bits per heavy atom. The number of halogens is 3. The largest absolute Gasteiger partial charge is 0.971 e. The van der Waals surface area contributed by atoms with Gasteiger partial charge in [-0.1, -0.05) is 0 Å². The van der Waals surface area contributed by atoms with Crippen LogP contribution < -0.4 is 0 Å². The number of carbonyl (C=O) groups excluding carboxylic acids is 1. The van der Waals surface area contributed by atoms with Crippen LogP contribution in [-0.4, -0.2) is 17.9 Å². The summed E-state index contributed by atoms with van der Waals surface area (Å²) in [6.07, 6.45) is 0. The van der Waals surface area contributed by atoms with E-state index in [1.165, 1.54) is 12.1 Å². The SMILES string of the molecule is CC(=[O+][B-](F)(F)F)c1ccc([N+](=O)[O-])cc1. The van der Waals surface area contributed by atoms with Crippen LogP contribution in [0, 0.1) is 10.1 Å². The number of ketones is 1. The minimum absolute atomic E-state index is 0.157. The Bertz CT molecular complexity index is 427. The van der Waals surface area contributed by atoms with Crippen molar-refractivity contribution >= 4 is 18.7 Å². The van der Waals surface area contributed by atoms with Gasteiger partial charge in [-0.05, 0) is 12.1 Å². The molecule has 8 heteroatoms. The van der Waals surface area contributed by atoms with E-state index in [0.29, 0.717) is 0 Å². The normalized spacial score (nSPS) is 12.6. The Morgan fingerprint density at radius 2 is 1.81 bits per heavy atom. The third-order valence-corrected chi connectivity index (χ3v) is 1.80. The highest BCUT2D eigenvalue weighted by atomic mass is 19.4. The van der Waals surface area contributed by atoms with Crippen LogP contribution >= 0.6 is 0 Å². The minimum atomic E-state index is -5.37. The van der Waals surface area contributed by atoms with E-state index in [0.717, 1.165) is 19.1 Å². The number of non-ortho nitro benzene ring substituents is 1. The molecule has 0 saturated heterocycles. The first-order valence-corrected chi connectivity index (χ1v) is 4.25. The highest BCUT2D eigenvalue weighted by Crippen LogP contribution is 2.15. The fraction of sp³-hybridized carbons (Fsp3) is 0.125. The van der Waals surface area contributed by atoms with Gasteiger partial charge in [0.15, 0.2) is 0 Å². The van der Waals surface area contributed by atoms with Crippen molar-refractivity contribution < 1.29 is 22.2 Å². The lowest BCUT2D eigenvalue weighted by Gasteiger charge is -1.98. The van der Waals surface area contributed by atoms with Crippen molar-refractivity contribution in [3.8, 4) is 0 Å². The van der Waals surface area contributed by atoms with Crippen molar-refractivity contribution in [3.05, 3.63) is 39.9 Å². The van der Waals surface area contributed by atoms with Gasteiger partial charge >= 0.3 is 7.18 Å². The predicted molar refractivity (Wildman–Crippen MR) is 52.2 cm³/mol. The summed E-state index contributed by atoms with van der Waals surface area (Å²) in [5.41, 5.74) is -0.0288. The van der Waals surface area contributed by atoms with Crippen LogP contribution in [-0.2, 0) is 0 Å². The molecular weight excluding hydrogens is 226 g/mol. The molecule has 0 aliphatic rings. The van der Waals surface area contributed by atoms with E-state index in [1.54, 1.807) is 0 Å². The van der Waals surface area contributed by atoms with Crippen LogP contribution in [0.5, 0.6) is 0 Å². The standard InChI is InChI=1S/C8H7BF3NO3/c1-6(16-9(10,11)12)7-2-4-8(5-3-7)13(14)15/h2-5H,1H3. The first-order chi connectivity index (χ1) is 7.29. The van der Waals surface area contributed by atoms with E-state index in [9.17, 15) is 23.1 Å². The predicted octanol–water partition coefficient (Wildman–Crippen LogP) is 2.68. The summed E-state index contributed by atoms with van der Waals surface area (Å²) < 4.78 is 39.5. The van der Waals surface area contributed by atoms with E-state index < -0.39 is 12.1 Å². The van der Waals surface area contributed by atoms with Crippen LogP contribution in [0.2, 0.25) is 0 Å². The summed E-state index contributed by atoms with van der Waals surface area (Å²) in [5.74, 6) is -0.331. The molecule has 0 N–H and O–H groups in total. The zero-order valence-corrected chi connectivity index (χ0v) is 8.19. The number of hydrogen-bond acceptors (Lipinski definition) is 2. The molecule has 0 spiro atoms. The van der Waals surface area contributed by atoms with Crippen LogP contribution in [0.25, 0.3) is 0 Å². The Labute approximate surface area is 88.6 Å². The highest BCUT2D eigenvalue weighted by Gasteiger charge is 2.45. The molecule has 0 unspecified atom stereocenters. The van der Waals surface area contributed by atoms with Crippen molar-refractivity contribution in [2.45, 2.75) is 6.92 Å². The number of nitro benzene ring substituents is 1. The van der Waals surface area contributed by atoms with Gasteiger partial charge in [-0.15, -0.1) is 0 Å². The number of benzene rings is 1. The Kier molecular flexibility index (Phi) is 3.31. The van der Waals surface area contributed by atoms with Crippen molar-refractivity contribution in [1.82, 2.24) is 0 Å². The first kappa shape index (κ1) is 12.2. The van der Waals surface area contributed by atoms with Gasteiger partial charge in [0.2, 0.25) is 0 Å². The maximum atomic E-state index is 11.9. The van der Waals surface area contributed by atoms with Gasteiger partial charge in [-0.2, -0.15) is 0 Å². The molecule has 1 rings (SSSR count). The van der Waals surface area contributed by atoms with Crippen LogP contribution in [0.3, 0.4) is 0 Å². The lowest BCUT2D eigenvalue weighted by molar-refractivity contribution is -0.384. The van der Waals surface area contributed by atoms with Crippen molar-refractivity contribution in [3.63, 3.8) is 0 Å². The highest BCUT2D eigenvalue weighted by molar-refractivity contribution is 6.49. The average molecular weight is 233 g/mol. The lowest BCUT2D eigenvalue weighted by atomic mass is 10.1. The lowest BCUT2D eigenvalue weighted by Crippen LogP contribution is -2.15. The molecule has 0 fully saturated rings. The van der Waals surface area contributed by atoms with Crippen molar-refractivity contribution in [2.24, 2.45) is 0 Å². The summed E-state index contributed by atoms with van der Waals surface area (Å²) in [4.78, 5) is 9.67. The molecule has 0 bridgehead atoms. The molecule has 0 saturated carbocycles. The smallest absolute Gasteiger partial charge is 0.450 e. The molecule has 86 valence electrons. The summed E-state index contributed by atoms with van der Waals surface area (Å²) in [6, 6.07) is 4.64. The van der Waals surface area contributed by atoms with Crippen LogP contribution in [0.1, 0.15) is 16.8 Å². The number of hydrogen-bond donors (Lipinski definition) is 0.